The molecule has 3 aromatic carbocycles. The minimum absolute atomic E-state index is 0.0514. The molecule has 3 aromatic rings. The molecule has 0 heterocycles. The van der Waals surface area contributed by atoms with Crippen molar-refractivity contribution in [1.82, 2.24) is 4.67 Å². The smallest absolute Gasteiger partial charge is 0.119 e. The fourth-order valence-corrected chi connectivity index (χ4v) is 5.72. The van der Waals surface area contributed by atoms with Gasteiger partial charge in [-0.05, 0) is 49.2 Å². The van der Waals surface area contributed by atoms with E-state index in [0.717, 1.165) is 11.3 Å². The van der Waals surface area contributed by atoms with E-state index in [1.54, 1.807) is 0 Å². The number of ether oxygens (including phenoxy) is 1. The van der Waals surface area contributed by atoms with Crippen molar-refractivity contribution < 1.29 is 9.84 Å². The molecule has 28 heavy (non-hydrogen) atoms. The summed E-state index contributed by atoms with van der Waals surface area (Å²) in [5.41, 5.74) is 0.938. The van der Waals surface area contributed by atoms with Crippen LogP contribution in [0.4, 0.5) is 0 Å². The summed E-state index contributed by atoms with van der Waals surface area (Å²) in [6.45, 7) is 4.73. The average molecular weight is 393 g/mol. The van der Waals surface area contributed by atoms with E-state index in [2.05, 4.69) is 55.0 Å². The topological polar surface area (TPSA) is 32.7 Å². The quantitative estimate of drug-likeness (QED) is 0.573. The molecule has 0 radical (unpaired) electrons. The molecule has 146 valence electrons. The fraction of sp³-hybridized carbons (Fsp3) is 0.250. The highest BCUT2D eigenvalue weighted by Crippen LogP contribution is 2.41. The standard InChI is InChI=1S/C24H28NO2P/c1-4-27-21-14-11-17-23(18-21)28(22-15-9-6-10-16-22)25(3)19(2)24(26)20-12-7-5-8-13-20/h5-19,24,26H,4H2,1-3H3/t19-,24?,28-/m0/s1. The normalized spacial score (nSPS) is 14.5. The second kappa shape index (κ2) is 9.84. The third kappa shape index (κ3) is 4.80. The Labute approximate surface area is 169 Å². The Morgan fingerprint density at radius 1 is 0.893 bits per heavy atom. The van der Waals surface area contributed by atoms with Crippen LogP contribution >= 0.6 is 8.07 Å². The van der Waals surface area contributed by atoms with Crippen LogP contribution < -0.4 is 15.3 Å². The van der Waals surface area contributed by atoms with Crippen LogP contribution in [0, 0.1) is 0 Å². The number of benzene rings is 3. The molecule has 0 aliphatic rings. The highest BCUT2D eigenvalue weighted by molar-refractivity contribution is 7.70. The maximum Gasteiger partial charge on any atom is 0.119 e. The van der Waals surface area contributed by atoms with E-state index in [1.807, 2.05) is 55.5 Å². The first-order valence-electron chi connectivity index (χ1n) is 9.65. The lowest BCUT2D eigenvalue weighted by Crippen LogP contribution is -2.36. The van der Waals surface area contributed by atoms with Crippen LogP contribution in [0.1, 0.15) is 25.5 Å². The SMILES string of the molecule is CCOc1cccc([P@](c2ccccc2)N(C)[C@@H](C)C(O)c2ccccc2)c1. The molecule has 4 heteroatoms. The summed E-state index contributed by atoms with van der Waals surface area (Å²) in [6, 6.07) is 28.7. The monoisotopic (exact) mass is 393 g/mol. The Balaban J connectivity index is 1.96. The van der Waals surface area contributed by atoms with Gasteiger partial charge in [-0.2, -0.15) is 0 Å². The highest BCUT2D eigenvalue weighted by Gasteiger charge is 2.28. The molecule has 3 nitrogen and oxygen atoms in total. The molecule has 1 N–H and O–H groups in total. The van der Waals surface area contributed by atoms with E-state index >= 15 is 0 Å². The van der Waals surface area contributed by atoms with Gasteiger partial charge in [-0.3, -0.25) is 4.67 Å². The number of nitrogens with zero attached hydrogens (tertiary/aromatic N) is 1. The highest BCUT2D eigenvalue weighted by atomic mass is 31.1. The molecule has 0 saturated heterocycles. The molecular weight excluding hydrogens is 365 g/mol. The number of rotatable bonds is 8. The Morgan fingerprint density at radius 3 is 2.14 bits per heavy atom. The molecule has 0 fully saturated rings. The van der Waals surface area contributed by atoms with Crippen LogP contribution in [-0.4, -0.2) is 29.5 Å². The predicted octanol–water partition coefficient (Wildman–Crippen LogP) is 4.49. The molecule has 0 amide bonds. The first-order valence-corrected chi connectivity index (χ1v) is 10.9. The van der Waals surface area contributed by atoms with Crippen molar-refractivity contribution >= 4 is 18.7 Å². The Bertz CT molecular complexity index is 857. The lowest BCUT2D eigenvalue weighted by Gasteiger charge is -2.36. The molecule has 0 saturated carbocycles. The summed E-state index contributed by atoms with van der Waals surface area (Å²) in [4.78, 5) is 0. The summed E-state index contributed by atoms with van der Waals surface area (Å²) in [5.74, 6) is 0.882. The molecule has 1 unspecified atom stereocenters. The van der Waals surface area contributed by atoms with Gasteiger partial charge < -0.3 is 9.84 Å². The number of aliphatic hydroxyl groups is 1. The van der Waals surface area contributed by atoms with Crippen molar-refractivity contribution in [2.45, 2.75) is 26.0 Å². The van der Waals surface area contributed by atoms with E-state index in [-0.39, 0.29) is 6.04 Å². The van der Waals surface area contributed by atoms with Crippen LogP contribution in [0.2, 0.25) is 0 Å². The Morgan fingerprint density at radius 2 is 1.50 bits per heavy atom. The van der Waals surface area contributed by atoms with Crippen molar-refractivity contribution in [2.24, 2.45) is 0 Å². The minimum Gasteiger partial charge on any atom is -0.494 e. The lowest BCUT2D eigenvalue weighted by molar-refractivity contribution is 0.111. The zero-order chi connectivity index (χ0) is 19.9. The van der Waals surface area contributed by atoms with Crippen LogP contribution in [0.3, 0.4) is 0 Å². The molecule has 0 aliphatic carbocycles. The molecule has 3 atom stereocenters. The van der Waals surface area contributed by atoms with E-state index in [1.165, 1.54) is 10.6 Å². The fourth-order valence-electron chi connectivity index (χ4n) is 3.27. The first kappa shape index (κ1) is 20.5. The molecule has 0 aromatic heterocycles. The number of aliphatic hydroxyl groups excluding tert-OH is 1. The number of hydrogen-bond acceptors (Lipinski definition) is 3. The summed E-state index contributed by atoms with van der Waals surface area (Å²) >= 11 is 0. The Hall–Kier alpha value is -2.19. The second-order valence-electron chi connectivity index (χ2n) is 6.75. The lowest BCUT2D eigenvalue weighted by atomic mass is 10.0. The third-order valence-electron chi connectivity index (χ3n) is 4.88. The zero-order valence-corrected chi connectivity index (χ0v) is 17.6. The maximum atomic E-state index is 11.0. The predicted molar refractivity (Wildman–Crippen MR) is 119 cm³/mol. The van der Waals surface area contributed by atoms with Gasteiger partial charge >= 0.3 is 0 Å². The molecule has 0 bridgehead atoms. The van der Waals surface area contributed by atoms with E-state index < -0.39 is 14.2 Å². The second-order valence-corrected chi connectivity index (χ2v) is 9.03. The largest absolute Gasteiger partial charge is 0.494 e. The molecule has 0 spiro atoms. The van der Waals surface area contributed by atoms with Crippen molar-refractivity contribution in [3.8, 4) is 5.75 Å². The van der Waals surface area contributed by atoms with Gasteiger partial charge in [-0.1, -0.05) is 72.8 Å². The average Bonchev–Trinajstić information content (AvgIpc) is 2.75. The van der Waals surface area contributed by atoms with Crippen molar-refractivity contribution in [1.29, 1.82) is 0 Å². The summed E-state index contributed by atoms with van der Waals surface area (Å²) in [5, 5.41) is 13.4. The van der Waals surface area contributed by atoms with Crippen molar-refractivity contribution in [3.63, 3.8) is 0 Å². The summed E-state index contributed by atoms with van der Waals surface area (Å²) in [7, 11) is 1.29. The number of likely N-dealkylation sites (N-methyl/N-ethyl adjacent to an activating group) is 1. The third-order valence-corrected chi connectivity index (χ3v) is 7.43. The van der Waals surface area contributed by atoms with E-state index in [4.69, 9.17) is 4.74 Å². The van der Waals surface area contributed by atoms with Gasteiger partial charge in [-0.15, -0.1) is 0 Å². The van der Waals surface area contributed by atoms with Crippen LogP contribution in [-0.2, 0) is 0 Å². The van der Waals surface area contributed by atoms with Gasteiger partial charge in [-0.25, -0.2) is 0 Å². The number of hydrogen-bond donors (Lipinski definition) is 1. The minimum atomic E-state index is -0.808. The van der Waals surface area contributed by atoms with Gasteiger partial charge in [0, 0.05) is 14.1 Å². The van der Waals surface area contributed by atoms with Crippen molar-refractivity contribution in [3.05, 3.63) is 90.5 Å². The van der Waals surface area contributed by atoms with Crippen molar-refractivity contribution in [2.75, 3.05) is 13.7 Å². The Kier molecular flexibility index (Phi) is 7.22. The maximum absolute atomic E-state index is 11.0. The molecular formula is C24H28NO2P. The van der Waals surface area contributed by atoms with E-state index in [9.17, 15) is 5.11 Å². The van der Waals surface area contributed by atoms with Gasteiger partial charge in [0.25, 0.3) is 0 Å². The zero-order valence-electron chi connectivity index (χ0n) is 16.7. The van der Waals surface area contributed by atoms with Gasteiger partial charge in [0.1, 0.15) is 5.75 Å². The van der Waals surface area contributed by atoms with Gasteiger partial charge in [0.05, 0.1) is 12.7 Å². The summed E-state index contributed by atoms with van der Waals surface area (Å²) < 4.78 is 8.03. The van der Waals surface area contributed by atoms with Crippen LogP contribution in [0.5, 0.6) is 5.75 Å². The van der Waals surface area contributed by atoms with E-state index in [0.29, 0.717) is 6.61 Å². The summed E-state index contributed by atoms with van der Waals surface area (Å²) in [6.07, 6.45) is -0.560. The first-order chi connectivity index (χ1) is 13.6. The molecule has 0 aliphatic heterocycles. The van der Waals surface area contributed by atoms with Crippen LogP contribution in [0.15, 0.2) is 84.9 Å². The van der Waals surface area contributed by atoms with Gasteiger partial charge in [0.2, 0.25) is 0 Å². The van der Waals surface area contributed by atoms with Gasteiger partial charge in [0.15, 0.2) is 0 Å². The molecule has 3 rings (SSSR count). The van der Waals surface area contributed by atoms with Crippen LogP contribution in [0.25, 0.3) is 0 Å².